The number of aromatic amines is 1. The van der Waals surface area contributed by atoms with Gasteiger partial charge in [0.2, 0.25) is 0 Å². The van der Waals surface area contributed by atoms with Gasteiger partial charge < -0.3 is 19.8 Å². The lowest BCUT2D eigenvalue weighted by molar-refractivity contribution is -0.136. The van der Waals surface area contributed by atoms with Gasteiger partial charge in [-0.15, -0.1) is 0 Å². The average Bonchev–Trinajstić information content (AvgIpc) is 2.82. The highest BCUT2D eigenvalue weighted by Gasteiger charge is 2.37. The molecule has 0 bridgehead atoms. The number of fused-ring (bicyclic) bond motifs is 1. The fourth-order valence-electron chi connectivity index (χ4n) is 3.82. The Bertz CT molecular complexity index is 1240. The molecule has 0 saturated heterocycles. The van der Waals surface area contributed by atoms with Crippen LogP contribution < -0.4 is 15.6 Å². The van der Waals surface area contributed by atoms with Gasteiger partial charge in [-0.2, -0.15) is 0 Å². The summed E-state index contributed by atoms with van der Waals surface area (Å²) in [4.78, 5) is 33.5. The van der Waals surface area contributed by atoms with Gasteiger partial charge in [0.1, 0.15) is 11.6 Å². The second-order valence-electron chi connectivity index (χ2n) is 7.24. The Balaban J connectivity index is 1.81. The number of anilines is 1. The number of nitrogens with one attached hydrogen (secondary N) is 2. The quantitative estimate of drug-likeness (QED) is 0.333. The van der Waals surface area contributed by atoms with Crippen LogP contribution >= 0.6 is 11.8 Å². The summed E-state index contributed by atoms with van der Waals surface area (Å²) in [5.41, 5.74) is 2.78. The number of carbonyl (C=O) groups is 1. The van der Waals surface area contributed by atoms with E-state index in [9.17, 15) is 9.59 Å². The second kappa shape index (κ2) is 9.32. The third-order valence-corrected chi connectivity index (χ3v) is 6.24. The maximum Gasteiger partial charge on any atom is 0.336 e. The van der Waals surface area contributed by atoms with E-state index in [1.165, 1.54) is 18.9 Å². The van der Waals surface area contributed by atoms with Gasteiger partial charge >= 0.3 is 5.97 Å². The normalized spacial score (nSPS) is 15.0. The molecule has 1 atom stereocenters. The van der Waals surface area contributed by atoms with Crippen LogP contribution in [0.25, 0.3) is 0 Å². The summed E-state index contributed by atoms with van der Waals surface area (Å²) in [6.07, 6.45) is 0. The summed E-state index contributed by atoms with van der Waals surface area (Å²) in [5.74, 6) is 0.463. The van der Waals surface area contributed by atoms with Crippen LogP contribution in [0.1, 0.15) is 29.5 Å². The van der Waals surface area contributed by atoms with E-state index in [1.807, 2.05) is 48.5 Å². The molecule has 1 aromatic heterocycles. The molecule has 8 heteroatoms. The number of para-hydroxylation sites is 1. The van der Waals surface area contributed by atoms with E-state index in [2.05, 4.69) is 15.3 Å². The highest BCUT2D eigenvalue weighted by Crippen LogP contribution is 2.43. The molecule has 0 amide bonds. The van der Waals surface area contributed by atoms with Gasteiger partial charge in [0.15, 0.2) is 5.16 Å². The fraction of sp³-hybridized carbons (Fsp3) is 0.208. The van der Waals surface area contributed by atoms with E-state index >= 15 is 0 Å². The van der Waals surface area contributed by atoms with Gasteiger partial charge in [0, 0.05) is 17.0 Å². The summed E-state index contributed by atoms with van der Waals surface area (Å²) in [5, 5.41) is 3.63. The molecule has 7 nitrogen and oxygen atoms in total. The number of hydrogen-bond donors (Lipinski definition) is 2. The first-order valence-electron chi connectivity index (χ1n) is 10.0. The standard InChI is InChI=1S/C24H23N3O4S/c1-14-18(23(29)31-3)19(16-11-7-8-12-17(16)30-2)20-21(25-14)26-24(27-22(20)28)32-13-15-9-5-4-6-10-15/h4-12,19H,13H2,1-3H3,(H2,25,26,27,28). The van der Waals surface area contributed by atoms with Gasteiger partial charge in [-0.05, 0) is 18.6 Å². The van der Waals surface area contributed by atoms with Crippen LogP contribution in [-0.4, -0.2) is 30.2 Å². The van der Waals surface area contributed by atoms with Crippen LogP contribution in [0.15, 0.2) is 75.8 Å². The smallest absolute Gasteiger partial charge is 0.336 e. The first-order valence-corrected chi connectivity index (χ1v) is 11.0. The number of methoxy groups -OCH3 is 2. The van der Waals surface area contributed by atoms with Crippen molar-refractivity contribution in [2.75, 3.05) is 19.5 Å². The molecular weight excluding hydrogens is 426 g/mol. The topological polar surface area (TPSA) is 93.3 Å². The van der Waals surface area contributed by atoms with E-state index in [-0.39, 0.29) is 5.56 Å². The first-order chi connectivity index (χ1) is 15.5. The van der Waals surface area contributed by atoms with Crippen LogP contribution in [0, 0.1) is 0 Å². The van der Waals surface area contributed by atoms with Crippen molar-refractivity contribution in [2.24, 2.45) is 0 Å². The van der Waals surface area contributed by atoms with Gasteiger partial charge in [-0.3, -0.25) is 4.79 Å². The Morgan fingerprint density at radius 2 is 1.81 bits per heavy atom. The van der Waals surface area contributed by atoms with Gasteiger partial charge in [0.05, 0.1) is 31.3 Å². The molecule has 2 N–H and O–H groups in total. The SMILES string of the molecule is COC(=O)C1=C(C)Nc2nc(SCc3ccccc3)[nH]c(=O)c2C1c1ccccc1OC. The summed E-state index contributed by atoms with van der Waals surface area (Å²) < 4.78 is 10.6. The molecule has 4 rings (SSSR count). The van der Waals surface area contributed by atoms with Crippen molar-refractivity contribution >= 4 is 23.5 Å². The Kier molecular flexibility index (Phi) is 6.32. The number of aromatic nitrogens is 2. The molecule has 1 aliphatic rings. The van der Waals surface area contributed by atoms with Crippen molar-refractivity contribution in [3.8, 4) is 5.75 Å². The number of esters is 1. The molecule has 1 unspecified atom stereocenters. The van der Waals surface area contributed by atoms with E-state index < -0.39 is 11.9 Å². The molecular formula is C24H23N3O4S. The van der Waals surface area contributed by atoms with Crippen LogP contribution in [0.4, 0.5) is 5.82 Å². The van der Waals surface area contributed by atoms with E-state index in [4.69, 9.17) is 9.47 Å². The molecule has 0 aliphatic carbocycles. The summed E-state index contributed by atoms with van der Waals surface area (Å²) >= 11 is 1.44. The predicted octanol–water partition coefficient (Wildman–Crippen LogP) is 4.08. The summed E-state index contributed by atoms with van der Waals surface area (Å²) in [6, 6.07) is 17.3. The zero-order valence-corrected chi connectivity index (χ0v) is 18.8. The molecule has 164 valence electrons. The molecule has 0 fully saturated rings. The highest BCUT2D eigenvalue weighted by molar-refractivity contribution is 7.98. The van der Waals surface area contributed by atoms with Gasteiger partial charge in [0.25, 0.3) is 5.56 Å². The molecule has 3 aromatic rings. The average molecular weight is 450 g/mol. The van der Waals surface area contributed by atoms with Crippen LogP contribution in [0.5, 0.6) is 5.75 Å². The maximum absolute atomic E-state index is 13.3. The van der Waals surface area contributed by atoms with E-state index in [1.54, 1.807) is 20.1 Å². The number of nitrogens with zero attached hydrogens (tertiary/aromatic N) is 1. The Labute approximate surface area is 189 Å². The number of rotatable bonds is 6. The Hall–Kier alpha value is -3.52. The minimum atomic E-state index is -0.681. The number of thioether (sulfide) groups is 1. The first kappa shape index (κ1) is 21.7. The fourth-order valence-corrected chi connectivity index (χ4v) is 4.64. The third kappa shape index (κ3) is 4.13. The Morgan fingerprint density at radius 3 is 2.53 bits per heavy atom. The van der Waals surface area contributed by atoms with Crippen molar-refractivity contribution < 1.29 is 14.3 Å². The van der Waals surface area contributed by atoms with Crippen molar-refractivity contribution in [1.29, 1.82) is 0 Å². The highest BCUT2D eigenvalue weighted by atomic mass is 32.2. The van der Waals surface area contributed by atoms with Crippen molar-refractivity contribution in [3.63, 3.8) is 0 Å². The van der Waals surface area contributed by atoms with Crippen LogP contribution in [0.2, 0.25) is 0 Å². The minimum Gasteiger partial charge on any atom is -0.496 e. The lowest BCUT2D eigenvalue weighted by Gasteiger charge is -2.29. The number of H-pyrrole nitrogens is 1. The zero-order valence-electron chi connectivity index (χ0n) is 18.0. The number of hydrogen-bond acceptors (Lipinski definition) is 7. The molecule has 32 heavy (non-hydrogen) atoms. The lowest BCUT2D eigenvalue weighted by Crippen LogP contribution is -2.31. The van der Waals surface area contributed by atoms with Gasteiger partial charge in [-0.1, -0.05) is 60.3 Å². The predicted molar refractivity (Wildman–Crippen MR) is 124 cm³/mol. The Morgan fingerprint density at radius 1 is 1.09 bits per heavy atom. The largest absolute Gasteiger partial charge is 0.496 e. The van der Waals surface area contributed by atoms with E-state index in [0.29, 0.717) is 44.9 Å². The molecule has 2 aromatic carbocycles. The molecule has 1 aliphatic heterocycles. The summed E-state index contributed by atoms with van der Waals surface area (Å²) in [6.45, 7) is 1.78. The number of allylic oxidation sites excluding steroid dienone is 1. The lowest BCUT2D eigenvalue weighted by atomic mass is 9.82. The second-order valence-corrected chi connectivity index (χ2v) is 8.20. The number of carbonyl (C=O) groups excluding carboxylic acids is 1. The molecule has 0 spiro atoms. The maximum atomic E-state index is 13.3. The third-order valence-electron chi connectivity index (χ3n) is 5.29. The van der Waals surface area contributed by atoms with Crippen LogP contribution in [-0.2, 0) is 15.3 Å². The van der Waals surface area contributed by atoms with Gasteiger partial charge in [-0.25, -0.2) is 9.78 Å². The number of ether oxygens (including phenoxy) is 2. The monoisotopic (exact) mass is 449 g/mol. The van der Waals surface area contributed by atoms with Crippen LogP contribution in [0.3, 0.4) is 0 Å². The van der Waals surface area contributed by atoms with Crippen molar-refractivity contribution in [1.82, 2.24) is 9.97 Å². The summed E-state index contributed by atoms with van der Waals surface area (Å²) in [7, 11) is 2.88. The minimum absolute atomic E-state index is 0.317. The van der Waals surface area contributed by atoms with E-state index in [0.717, 1.165) is 5.56 Å². The molecule has 0 radical (unpaired) electrons. The number of benzene rings is 2. The van der Waals surface area contributed by atoms with Crippen molar-refractivity contribution in [3.05, 3.63) is 92.9 Å². The molecule has 2 heterocycles. The molecule has 0 saturated carbocycles. The van der Waals surface area contributed by atoms with Crippen molar-refractivity contribution in [2.45, 2.75) is 23.8 Å². The zero-order chi connectivity index (χ0) is 22.7.